The minimum absolute atomic E-state index is 0.0388. The fourth-order valence-electron chi connectivity index (χ4n) is 2.46. The third kappa shape index (κ3) is 4.29. The molecule has 0 spiro atoms. The summed E-state index contributed by atoms with van der Waals surface area (Å²) in [6, 6.07) is 7.68. The normalized spacial score (nSPS) is 14.3. The monoisotopic (exact) mass is 289 g/mol. The van der Waals surface area contributed by atoms with Crippen molar-refractivity contribution in [2.45, 2.75) is 25.8 Å². The number of hydrogen-bond acceptors (Lipinski definition) is 3. The van der Waals surface area contributed by atoms with Gasteiger partial charge >= 0.3 is 0 Å². The van der Waals surface area contributed by atoms with Crippen LogP contribution in [0.25, 0.3) is 0 Å². The van der Waals surface area contributed by atoms with Crippen molar-refractivity contribution < 1.29 is 9.59 Å². The molecule has 0 aliphatic carbocycles. The van der Waals surface area contributed by atoms with Gasteiger partial charge in [-0.3, -0.25) is 9.59 Å². The number of amides is 2. The highest BCUT2D eigenvalue weighted by Gasteiger charge is 2.21. The number of nitrogens with zero attached hydrogens (tertiary/aromatic N) is 2. The van der Waals surface area contributed by atoms with Crippen molar-refractivity contribution in [1.82, 2.24) is 9.80 Å². The average molecular weight is 289 g/mol. The fraction of sp³-hybridized carbons (Fsp3) is 0.500. The molecule has 0 radical (unpaired) electrons. The van der Waals surface area contributed by atoms with Crippen LogP contribution in [0.2, 0.25) is 0 Å². The van der Waals surface area contributed by atoms with Gasteiger partial charge in [0.05, 0.1) is 13.0 Å². The summed E-state index contributed by atoms with van der Waals surface area (Å²) < 4.78 is 0. The molecular formula is C16H23N3O2. The summed E-state index contributed by atoms with van der Waals surface area (Å²) in [5.74, 6) is 0.00451. The van der Waals surface area contributed by atoms with Crippen molar-refractivity contribution in [1.29, 1.82) is 0 Å². The zero-order chi connectivity index (χ0) is 15.2. The maximum atomic E-state index is 12.1. The molecule has 0 saturated carbocycles. The molecular weight excluding hydrogens is 266 g/mol. The van der Waals surface area contributed by atoms with Crippen molar-refractivity contribution in [3.63, 3.8) is 0 Å². The molecule has 1 heterocycles. The molecule has 2 amide bonds. The summed E-state index contributed by atoms with van der Waals surface area (Å²) in [6.45, 7) is 2.31. The summed E-state index contributed by atoms with van der Waals surface area (Å²) in [4.78, 5) is 27.5. The third-order valence-corrected chi connectivity index (χ3v) is 3.87. The lowest BCUT2D eigenvalue weighted by Gasteiger charge is -2.21. The second-order valence-corrected chi connectivity index (χ2v) is 5.54. The largest absolute Gasteiger partial charge is 0.341 e. The molecule has 1 saturated heterocycles. The second kappa shape index (κ2) is 7.22. The van der Waals surface area contributed by atoms with Gasteiger partial charge in [0.1, 0.15) is 0 Å². The van der Waals surface area contributed by atoms with E-state index < -0.39 is 0 Å². The predicted octanol–water partition coefficient (Wildman–Crippen LogP) is 0.769. The Kier molecular flexibility index (Phi) is 5.33. The van der Waals surface area contributed by atoms with Gasteiger partial charge in [-0.15, -0.1) is 0 Å². The van der Waals surface area contributed by atoms with Crippen LogP contribution in [0.1, 0.15) is 24.0 Å². The van der Waals surface area contributed by atoms with E-state index in [9.17, 15) is 9.59 Å². The smallest absolute Gasteiger partial charge is 0.242 e. The zero-order valence-corrected chi connectivity index (χ0v) is 12.5. The Balaban J connectivity index is 1.85. The van der Waals surface area contributed by atoms with Gasteiger partial charge in [-0.05, 0) is 24.0 Å². The quantitative estimate of drug-likeness (QED) is 0.870. The lowest BCUT2D eigenvalue weighted by atomic mass is 10.1. The molecule has 0 unspecified atom stereocenters. The van der Waals surface area contributed by atoms with Crippen molar-refractivity contribution >= 4 is 11.8 Å². The molecule has 0 aromatic heterocycles. The number of carbonyl (C=O) groups is 2. The SMILES string of the molecule is CN(CC(=O)N1CCCC1)C(=O)Cc1ccc(CN)cc1. The molecule has 2 rings (SSSR count). The van der Waals surface area contributed by atoms with E-state index in [0.29, 0.717) is 13.0 Å². The summed E-state index contributed by atoms with van der Waals surface area (Å²) in [7, 11) is 1.69. The Labute approximate surface area is 125 Å². The lowest BCUT2D eigenvalue weighted by molar-refractivity contribution is -0.138. The highest BCUT2D eigenvalue weighted by atomic mass is 16.2. The van der Waals surface area contributed by atoms with Crippen LogP contribution in [0.5, 0.6) is 0 Å². The van der Waals surface area contributed by atoms with Gasteiger partial charge in [0.15, 0.2) is 0 Å². The van der Waals surface area contributed by atoms with Gasteiger partial charge in [0.25, 0.3) is 0 Å². The van der Waals surface area contributed by atoms with Crippen LogP contribution >= 0.6 is 0 Å². The highest BCUT2D eigenvalue weighted by Crippen LogP contribution is 2.09. The molecule has 5 heteroatoms. The van der Waals surface area contributed by atoms with E-state index in [1.54, 1.807) is 7.05 Å². The second-order valence-electron chi connectivity index (χ2n) is 5.54. The van der Waals surface area contributed by atoms with E-state index >= 15 is 0 Å². The van der Waals surface area contributed by atoms with Gasteiger partial charge in [0, 0.05) is 26.7 Å². The van der Waals surface area contributed by atoms with Crippen LogP contribution < -0.4 is 5.73 Å². The summed E-state index contributed by atoms with van der Waals surface area (Å²) in [5, 5.41) is 0. The Bertz CT molecular complexity index is 493. The molecule has 1 aliphatic heterocycles. The molecule has 0 bridgehead atoms. The zero-order valence-electron chi connectivity index (χ0n) is 12.5. The maximum Gasteiger partial charge on any atom is 0.242 e. The molecule has 1 aliphatic rings. The Morgan fingerprint density at radius 2 is 1.71 bits per heavy atom. The van der Waals surface area contributed by atoms with Crippen molar-refractivity contribution in [2.24, 2.45) is 5.73 Å². The number of nitrogens with two attached hydrogens (primary N) is 1. The number of likely N-dealkylation sites (N-methyl/N-ethyl adjacent to an activating group) is 1. The average Bonchev–Trinajstić information content (AvgIpc) is 3.02. The van der Waals surface area contributed by atoms with Crippen molar-refractivity contribution in [3.8, 4) is 0 Å². The number of rotatable bonds is 5. The number of carbonyl (C=O) groups excluding carboxylic acids is 2. The molecule has 0 atom stereocenters. The predicted molar refractivity (Wildman–Crippen MR) is 81.5 cm³/mol. The van der Waals surface area contributed by atoms with Crippen LogP contribution in [0.15, 0.2) is 24.3 Å². The molecule has 2 N–H and O–H groups in total. The van der Waals surface area contributed by atoms with Gasteiger partial charge in [-0.1, -0.05) is 24.3 Å². The maximum absolute atomic E-state index is 12.1. The molecule has 1 aromatic carbocycles. The van der Waals surface area contributed by atoms with E-state index in [4.69, 9.17) is 5.73 Å². The molecule has 5 nitrogen and oxygen atoms in total. The minimum atomic E-state index is -0.0388. The summed E-state index contributed by atoms with van der Waals surface area (Å²) >= 11 is 0. The van der Waals surface area contributed by atoms with Crippen LogP contribution in [0.4, 0.5) is 0 Å². The Hall–Kier alpha value is -1.88. The number of benzene rings is 1. The van der Waals surface area contributed by atoms with Crippen LogP contribution in [-0.4, -0.2) is 48.3 Å². The Morgan fingerprint density at radius 1 is 1.14 bits per heavy atom. The topological polar surface area (TPSA) is 66.6 Å². The molecule has 114 valence electrons. The molecule has 1 aromatic rings. The standard InChI is InChI=1S/C16H23N3O2/c1-18(12-16(21)19-8-2-3-9-19)15(20)10-13-4-6-14(11-17)7-5-13/h4-7H,2-3,8-12,17H2,1H3. The number of hydrogen-bond donors (Lipinski definition) is 1. The van der Waals surface area contributed by atoms with E-state index in [1.165, 1.54) is 4.90 Å². The van der Waals surface area contributed by atoms with Gasteiger partial charge in [-0.25, -0.2) is 0 Å². The van der Waals surface area contributed by atoms with Gasteiger partial charge < -0.3 is 15.5 Å². The van der Waals surface area contributed by atoms with Gasteiger partial charge in [-0.2, -0.15) is 0 Å². The first-order chi connectivity index (χ1) is 10.1. The van der Waals surface area contributed by atoms with Crippen LogP contribution in [0, 0.1) is 0 Å². The molecule has 21 heavy (non-hydrogen) atoms. The summed E-state index contributed by atoms with van der Waals surface area (Å²) in [6.07, 6.45) is 2.45. The Morgan fingerprint density at radius 3 is 2.29 bits per heavy atom. The molecule has 1 fully saturated rings. The van der Waals surface area contributed by atoms with Gasteiger partial charge in [0.2, 0.25) is 11.8 Å². The highest BCUT2D eigenvalue weighted by molar-refractivity contribution is 5.85. The van der Waals surface area contributed by atoms with E-state index in [0.717, 1.165) is 37.1 Å². The lowest BCUT2D eigenvalue weighted by Crippen LogP contribution is -2.40. The fourth-order valence-corrected chi connectivity index (χ4v) is 2.46. The first kappa shape index (κ1) is 15.5. The first-order valence-corrected chi connectivity index (χ1v) is 7.40. The number of likely N-dealkylation sites (tertiary alicyclic amines) is 1. The van der Waals surface area contributed by atoms with E-state index in [-0.39, 0.29) is 18.4 Å². The third-order valence-electron chi connectivity index (χ3n) is 3.87. The van der Waals surface area contributed by atoms with E-state index in [2.05, 4.69) is 0 Å². The first-order valence-electron chi connectivity index (χ1n) is 7.40. The van der Waals surface area contributed by atoms with Crippen molar-refractivity contribution in [2.75, 3.05) is 26.7 Å². The van der Waals surface area contributed by atoms with Crippen LogP contribution in [0.3, 0.4) is 0 Å². The minimum Gasteiger partial charge on any atom is -0.341 e. The van der Waals surface area contributed by atoms with Crippen LogP contribution in [-0.2, 0) is 22.6 Å². The van der Waals surface area contributed by atoms with E-state index in [1.807, 2.05) is 29.2 Å². The summed E-state index contributed by atoms with van der Waals surface area (Å²) in [5.41, 5.74) is 7.53. The van der Waals surface area contributed by atoms with Crippen molar-refractivity contribution in [3.05, 3.63) is 35.4 Å².